The SMILES string of the molecule is CCn1cccc1CNc1c(N(C)C)ccnc1OC. The molecule has 0 amide bonds. The molecular formula is C15H22N4O. The summed E-state index contributed by atoms with van der Waals surface area (Å²) < 4.78 is 7.57. The fourth-order valence-corrected chi connectivity index (χ4v) is 2.22. The predicted molar refractivity (Wildman–Crippen MR) is 82.5 cm³/mol. The molecule has 0 aliphatic rings. The lowest BCUT2D eigenvalue weighted by Crippen LogP contribution is -2.14. The molecule has 0 aliphatic heterocycles. The van der Waals surface area contributed by atoms with E-state index in [0.717, 1.165) is 24.5 Å². The molecule has 0 fully saturated rings. The zero-order valence-corrected chi connectivity index (χ0v) is 12.6. The van der Waals surface area contributed by atoms with Crippen molar-refractivity contribution in [2.24, 2.45) is 0 Å². The van der Waals surface area contributed by atoms with Gasteiger partial charge >= 0.3 is 0 Å². The molecule has 5 heteroatoms. The van der Waals surface area contributed by atoms with Gasteiger partial charge < -0.3 is 19.5 Å². The highest BCUT2D eigenvalue weighted by atomic mass is 16.5. The van der Waals surface area contributed by atoms with Crippen molar-refractivity contribution in [3.63, 3.8) is 0 Å². The van der Waals surface area contributed by atoms with Crippen molar-refractivity contribution in [1.29, 1.82) is 0 Å². The number of methoxy groups -OCH3 is 1. The van der Waals surface area contributed by atoms with Crippen LogP contribution < -0.4 is 15.0 Å². The number of aromatic nitrogens is 2. The van der Waals surface area contributed by atoms with E-state index in [9.17, 15) is 0 Å². The smallest absolute Gasteiger partial charge is 0.239 e. The van der Waals surface area contributed by atoms with Gasteiger partial charge in [-0.25, -0.2) is 4.98 Å². The van der Waals surface area contributed by atoms with Crippen LogP contribution in [0.15, 0.2) is 30.6 Å². The first-order valence-electron chi connectivity index (χ1n) is 6.75. The minimum Gasteiger partial charge on any atom is -0.479 e. The van der Waals surface area contributed by atoms with Crippen molar-refractivity contribution in [2.45, 2.75) is 20.0 Å². The number of hydrogen-bond donors (Lipinski definition) is 1. The summed E-state index contributed by atoms with van der Waals surface area (Å²) in [5.41, 5.74) is 3.22. The van der Waals surface area contributed by atoms with E-state index >= 15 is 0 Å². The minimum atomic E-state index is 0.616. The summed E-state index contributed by atoms with van der Waals surface area (Å²) in [5.74, 6) is 0.616. The molecule has 0 unspecified atom stereocenters. The van der Waals surface area contributed by atoms with E-state index in [1.165, 1.54) is 5.69 Å². The van der Waals surface area contributed by atoms with E-state index in [0.29, 0.717) is 5.88 Å². The minimum absolute atomic E-state index is 0.616. The molecule has 0 spiro atoms. The lowest BCUT2D eigenvalue weighted by atomic mass is 10.3. The van der Waals surface area contributed by atoms with Crippen LogP contribution >= 0.6 is 0 Å². The fraction of sp³-hybridized carbons (Fsp3) is 0.400. The second-order valence-corrected chi connectivity index (χ2v) is 4.75. The van der Waals surface area contributed by atoms with Gasteiger partial charge in [0.1, 0.15) is 5.69 Å². The van der Waals surface area contributed by atoms with E-state index in [-0.39, 0.29) is 0 Å². The Bertz CT molecular complexity index is 563. The molecule has 0 radical (unpaired) electrons. The van der Waals surface area contributed by atoms with Crippen LogP contribution in [0.2, 0.25) is 0 Å². The zero-order chi connectivity index (χ0) is 14.5. The van der Waals surface area contributed by atoms with Crippen LogP contribution in [-0.4, -0.2) is 30.8 Å². The Hall–Kier alpha value is -2.17. The van der Waals surface area contributed by atoms with Crippen molar-refractivity contribution in [1.82, 2.24) is 9.55 Å². The average Bonchev–Trinajstić information content (AvgIpc) is 2.91. The van der Waals surface area contributed by atoms with Gasteiger partial charge in [0.05, 0.1) is 19.3 Å². The van der Waals surface area contributed by atoms with Gasteiger partial charge in [-0.15, -0.1) is 0 Å². The molecule has 0 aliphatic carbocycles. The Morgan fingerprint density at radius 3 is 2.80 bits per heavy atom. The average molecular weight is 274 g/mol. The summed E-state index contributed by atoms with van der Waals surface area (Å²) in [5, 5.41) is 3.44. The van der Waals surface area contributed by atoms with Gasteiger partial charge in [-0.3, -0.25) is 0 Å². The van der Waals surface area contributed by atoms with E-state index in [4.69, 9.17) is 4.74 Å². The highest BCUT2D eigenvalue weighted by Crippen LogP contribution is 2.32. The fourth-order valence-electron chi connectivity index (χ4n) is 2.22. The number of hydrogen-bond acceptors (Lipinski definition) is 4. The molecule has 2 aromatic rings. The highest BCUT2D eigenvalue weighted by Gasteiger charge is 2.12. The molecule has 5 nitrogen and oxygen atoms in total. The molecule has 2 heterocycles. The zero-order valence-electron chi connectivity index (χ0n) is 12.6. The number of aryl methyl sites for hydroxylation is 1. The Morgan fingerprint density at radius 1 is 1.35 bits per heavy atom. The summed E-state index contributed by atoms with van der Waals surface area (Å²) in [6, 6.07) is 6.16. The number of ether oxygens (including phenoxy) is 1. The maximum absolute atomic E-state index is 5.36. The van der Waals surface area contributed by atoms with Crippen molar-refractivity contribution in [2.75, 3.05) is 31.4 Å². The van der Waals surface area contributed by atoms with Gasteiger partial charge in [-0.05, 0) is 25.1 Å². The second-order valence-electron chi connectivity index (χ2n) is 4.75. The third-order valence-corrected chi connectivity index (χ3v) is 3.28. The van der Waals surface area contributed by atoms with Gasteiger partial charge in [0, 0.05) is 38.7 Å². The molecule has 108 valence electrons. The molecule has 2 rings (SSSR count). The Kier molecular flexibility index (Phi) is 4.50. The molecule has 1 N–H and O–H groups in total. The molecule has 0 saturated heterocycles. The van der Waals surface area contributed by atoms with Crippen LogP contribution in [0.4, 0.5) is 11.4 Å². The van der Waals surface area contributed by atoms with Crippen molar-refractivity contribution in [3.05, 3.63) is 36.3 Å². The Labute approximate surface area is 120 Å². The third-order valence-electron chi connectivity index (χ3n) is 3.28. The third kappa shape index (κ3) is 2.87. The second kappa shape index (κ2) is 6.32. The Morgan fingerprint density at radius 2 is 2.15 bits per heavy atom. The predicted octanol–water partition coefficient (Wildman–Crippen LogP) is 2.59. The van der Waals surface area contributed by atoms with Crippen LogP contribution in [0.3, 0.4) is 0 Å². The number of nitrogens with zero attached hydrogens (tertiary/aromatic N) is 3. The van der Waals surface area contributed by atoms with Crippen LogP contribution in [0.25, 0.3) is 0 Å². The quantitative estimate of drug-likeness (QED) is 0.879. The molecule has 0 saturated carbocycles. The number of pyridine rings is 1. The van der Waals surface area contributed by atoms with Crippen LogP contribution in [0, 0.1) is 0 Å². The monoisotopic (exact) mass is 274 g/mol. The summed E-state index contributed by atoms with van der Waals surface area (Å²) >= 11 is 0. The van der Waals surface area contributed by atoms with Crippen LogP contribution in [0.1, 0.15) is 12.6 Å². The first kappa shape index (κ1) is 14.2. The van der Waals surface area contributed by atoms with E-state index < -0.39 is 0 Å². The summed E-state index contributed by atoms with van der Waals surface area (Å²) in [7, 11) is 5.66. The molecule has 0 aromatic carbocycles. The maximum atomic E-state index is 5.36. The van der Waals surface area contributed by atoms with Gasteiger partial charge in [0.15, 0.2) is 0 Å². The van der Waals surface area contributed by atoms with Gasteiger partial charge in [-0.1, -0.05) is 0 Å². The lowest BCUT2D eigenvalue weighted by Gasteiger charge is -2.20. The van der Waals surface area contributed by atoms with Crippen molar-refractivity contribution < 1.29 is 4.74 Å². The summed E-state index contributed by atoms with van der Waals surface area (Å²) in [6.45, 7) is 3.85. The molecular weight excluding hydrogens is 252 g/mol. The molecule has 0 atom stereocenters. The van der Waals surface area contributed by atoms with Crippen molar-refractivity contribution in [3.8, 4) is 5.88 Å². The number of anilines is 2. The first-order valence-corrected chi connectivity index (χ1v) is 6.75. The van der Waals surface area contributed by atoms with Crippen LogP contribution in [0.5, 0.6) is 5.88 Å². The van der Waals surface area contributed by atoms with Crippen molar-refractivity contribution >= 4 is 11.4 Å². The topological polar surface area (TPSA) is 42.3 Å². The van der Waals surface area contributed by atoms with Gasteiger partial charge in [0.25, 0.3) is 0 Å². The summed E-state index contributed by atoms with van der Waals surface area (Å²) in [4.78, 5) is 6.31. The van der Waals surface area contributed by atoms with Gasteiger partial charge in [0.2, 0.25) is 5.88 Å². The van der Waals surface area contributed by atoms with E-state index in [1.54, 1.807) is 13.3 Å². The standard InChI is InChI=1S/C15H22N4O/c1-5-19-10-6-7-12(19)11-17-14-13(18(2)3)8-9-16-15(14)20-4/h6-10,17H,5,11H2,1-4H3. The first-order chi connectivity index (χ1) is 9.67. The van der Waals surface area contributed by atoms with Gasteiger partial charge in [-0.2, -0.15) is 0 Å². The number of nitrogens with one attached hydrogen (secondary N) is 1. The molecule has 2 aromatic heterocycles. The molecule has 0 bridgehead atoms. The highest BCUT2D eigenvalue weighted by molar-refractivity contribution is 5.74. The summed E-state index contributed by atoms with van der Waals surface area (Å²) in [6.07, 6.45) is 3.85. The van der Waals surface area contributed by atoms with E-state index in [2.05, 4.69) is 40.1 Å². The van der Waals surface area contributed by atoms with E-state index in [1.807, 2.05) is 25.1 Å². The Balaban J connectivity index is 2.24. The normalized spacial score (nSPS) is 10.4. The van der Waals surface area contributed by atoms with Crippen LogP contribution in [-0.2, 0) is 13.1 Å². The molecule has 20 heavy (non-hydrogen) atoms. The lowest BCUT2D eigenvalue weighted by molar-refractivity contribution is 0.399. The largest absolute Gasteiger partial charge is 0.479 e. The number of rotatable bonds is 6. The maximum Gasteiger partial charge on any atom is 0.239 e.